The zero-order chi connectivity index (χ0) is 11.3. The second-order valence-electron chi connectivity index (χ2n) is 4.81. The van der Waals surface area contributed by atoms with Crippen LogP contribution in [0.1, 0.15) is 39.0 Å². The van der Waals surface area contributed by atoms with Gasteiger partial charge in [0.2, 0.25) is 0 Å². The Hall–Kier alpha value is -0.340. The largest absolute Gasteiger partial charge is 0.317 e. The Morgan fingerprint density at radius 2 is 1.93 bits per heavy atom. The van der Waals surface area contributed by atoms with Crippen LogP contribution in [0, 0.1) is 0 Å². The molecule has 0 radical (unpaired) electrons. The lowest BCUT2D eigenvalue weighted by atomic mass is 9.90. The second kappa shape index (κ2) is 6.29. The van der Waals surface area contributed by atoms with Crippen molar-refractivity contribution in [2.45, 2.75) is 51.1 Å². The lowest BCUT2D eigenvalue weighted by molar-refractivity contribution is 0.187. The van der Waals surface area contributed by atoms with Crippen molar-refractivity contribution >= 4 is 0 Å². The molecule has 1 N–H and O–H groups in total. The molecule has 0 unspecified atom stereocenters. The van der Waals surface area contributed by atoms with E-state index in [0.29, 0.717) is 0 Å². The molecule has 1 rings (SSSR count). The molecule has 2 nitrogen and oxygen atoms in total. The molecule has 0 heterocycles. The molecule has 0 aliphatic heterocycles. The Morgan fingerprint density at radius 3 is 2.40 bits per heavy atom. The van der Waals surface area contributed by atoms with E-state index in [1.54, 1.807) is 0 Å². The normalized spacial score (nSPS) is 26.9. The summed E-state index contributed by atoms with van der Waals surface area (Å²) in [6.07, 6.45) is 6.42. The monoisotopic (exact) mass is 210 g/mol. The number of rotatable bonds is 5. The topological polar surface area (TPSA) is 15.3 Å². The molecule has 15 heavy (non-hydrogen) atoms. The first-order valence-electron chi connectivity index (χ1n) is 6.21. The molecule has 1 aliphatic rings. The van der Waals surface area contributed by atoms with Gasteiger partial charge in [-0.05, 0) is 46.2 Å². The Morgan fingerprint density at radius 1 is 1.33 bits per heavy atom. The minimum Gasteiger partial charge on any atom is -0.317 e. The van der Waals surface area contributed by atoms with Crippen LogP contribution in [0.4, 0.5) is 0 Å². The fraction of sp³-hybridized carbons (Fsp3) is 0.846. The molecule has 88 valence electrons. The predicted molar refractivity (Wildman–Crippen MR) is 67.2 cm³/mol. The highest BCUT2D eigenvalue weighted by Gasteiger charge is 2.22. The Labute approximate surface area is 94.7 Å². The van der Waals surface area contributed by atoms with Crippen LogP contribution in [0.15, 0.2) is 12.2 Å². The number of hydrogen-bond acceptors (Lipinski definition) is 2. The molecular weight excluding hydrogens is 184 g/mol. The van der Waals surface area contributed by atoms with Crippen LogP contribution >= 0.6 is 0 Å². The van der Waals surface area contributed by atoms with Crippen molar-refractivity contribution in [3.63, 3.8) is 0 Å². The lowest BCUT2D eigenvalue weighted by Gasteiger charge is -2.34. The molecule has 0 bridgehead atoms. The van der Waals surface area contributed by atoms with Gasteiger partial charge in [0.1, 0.15) is 0 Å². The smallest absolute Gasteiger partial charge is 0.0189 e. The minimum absolute atomic E-state index is 0.754. The molecule has 0 aromatic heterocycles. The number of hydrogen-bond donors (Lipinski definition) is 1. The van der Waals surface area contributed by atoms with Crippen LogP contribution in [0.2, 0.25) is 0 Å². The zero-order valence-electron chi connectivity index (χ0n) is 10.6. The predicted octanol–water partition coefficient (Wildman–Crippen LogP) is 2.42. The third-order valence-corrected chi connectivity index (χ3v) is 3.70. The fourth-order valence-electron chi connectivity index (χ4n) is 2.40. The molecule has 0 spiro atoms. The van der Waals surface area contributed by atoms with E-state index in [0.717, 1.165) is 25.0 Å². The standard InChI is InChI=1S/C13H26N2/c1-5-11(2)10-15(4)13-8-6-12(14-3)7-9-13/h12-14H,2,5-10H2,1,3-4H3. The molecule has 1 saturated carbocycles. The van der Waals surface area contributed by atoms with Gasteiger partial charge in [-0.3, -0.25) is 4.90 Å². The Bertz CT molecular complexity index is 193. The third-order valence-electron chi connectivity index (χ3n) is 3.70. The third kappa shape index (κ3) is 3.96. The van der Waals surface area contributed by atoms with Gasteiger partial charge >= 0.3 is 0 Å². The molecule has 0 saturated heterocycles. The fourth-order valence-corrected chi connectivity index (χ4v) is 2.40. The van der Waals surface area contributed by atoms with E-state index in [1.807, 2.05) is 0 Å². The van der Waals surface area contributed by atoms with Gasteiger partial charge in [0.15, 0.2) is 0 Å². The van der Waals surface area contributed by atoms with Crippen LogP contribution in [0.5, 0.6) is 0 Å². The first-order chi connectivity index (χ1) is 7.17. The molecule has 0 aromatic carbocycles. The molecular formula is C13H26N2. The van der Waals surface area contributed by atoms with Crippen molar-refractivity contribution in [3.8, 4) is 0 Å². The maximum Gasteiger partial charge on any atom is 0.0189 e. The van der Waals surface area contributed by atoms with Crippen LogP contribution in [-0.4, -0.2) is 37.6 Å². The van der Waals surface area contributed by atoms with Gasteiger partial charge < -0.3 is 5.32 Å². The van der Waals surface area contributed by atoms with Gasteiger partial charge in [-0.25, -0.2) is 0 Å². The van der Waals surface area contributed by atoms with E-state index in [2.05, 4.69) is 37.8 Å². The van der Waals surface area contributed by atoms with E-state index in [4.69, 9.17) is 0 Å². The van der Waals surface area contributed by atoms with E-state index in [-0.39, 0.29) is 0 Å². The maximum absolute atomic E-state index is 4.09. The van der Waals surface area contributed by atoms with Gasteiger partial charge in [0, 0.05) is 18.6 Å². The molecule has 1 aliphatic carbocycles. The van der Waals surface area contributed by atoms with Gasteiger partial charge in [0.25, 0.3) is 0 Å². The summed E-state index contributed by atoms with van der Waals surface area (Å²) in [6, 6.07) is 1.53. The quantitative estimate of drug-likeness (QED) is 0.701. The number of nitrogens with one attached hydrogen (secondary N) is 1. The SMILES string of the molecule is C=C(CC)CN(C)C1CCC(NC)CC1. The van der Waals surface area contributed by atoms with Gasteiger partial charge in [0.05, 0.1) is 0 Å². The van der Waals surface area contributed by atoms with Crippen molar-refractivity contribution in [2.24, 2.45) is 0 Å². The van der Waals surface area contributed by atoms with E-state index >= 15 is 0 Å². The second-order valence-corrected chi connectivity index (χ2v) is 4.81. The van der Waals surface area contributed by atoms with Crippen LogP contribution in [-0.2, 0) is 0 Å². The lowest BCUT2D eigenvalue weighted by Crippen LogP contribution is -2.40. The van der Waals surface area contributed by atoms with Gasteiger partial charge in [-0.15, -0.1) is 0 Å². The maximum atomic E-state index is 4.09. The molecule has 2 heteroatoms. The Kier molecular flexibility index (Phi) is 5.34. The van der Waals surface area contributed by atoms with Gasteiger partial charge in [-0.1, -0.05) is 19.1 Å². The summed E-state index contributed by atoms with van der Waals surface area (Å²) in [7, 11) is 4.32. The first-order valence-corrected chi connectivity index (χ1v) is 6.21. The summed E-state index contributed by atoms with van der Waals surface area (Å²) in [6.45, 7) is 7.35. The van der Waals surface area contributed by atoms with Gasteiger partial charge in [-0.2, -0.15) is 0 Å². The van der Waals surface area contributed by atoms with Crippen LogP contribution in [0.25, 0.3) is 0 Å². The molecule has 1 fully saturated rings. The van der Waals surface area contributed by atoms with Crippen molar-refractivity contribution in [3.05, 3.63) is 12.2 Å². The van der Waals surface area contributed by atoms with E-state index < -0.39 is 0 Å². The summed E-state index contributed by atoms with van der Waals surface area (Å²) >= 11 is 0. The summed E-state index contributed by atoms with van der Waals surface area (Å²) in [5, 5.41) is 3.38. The van der Waals surface area contributed by atoms with Crippen molar-refractivity contribution in [1.82, 2.24) is 10.2 Å². The molecule has 0 amide bonds. The zero-order valence-corrected chi connectivity index (χ0v) is 10.6. The summed E-state index contributed by atoms with van der Waals surface area (Å²) in [5.74, 6) is 0. The molecule has 0 atom stereocenters. The average molecular weight is 210 g/mol. The Balaban J connectivity index is 2.29. The average Bonchev–Trinajstić information content (AvgIpc) is 2.29. The summed E-state index contributed by atoms with van der Waals surface area (Å²) < 4.78 is 0. The number of likely N-dealkylation sites (N-methyl/N-ethyl adjacent to an activating group) is 1. The molecule has 0 aromatic rings. The highest BCUT2D eigenvalue weighted by atomic mass is 15.1. The van der Waals surface area contributed by atoms with E-state index in [9.17, 15) is 0 Å². The van der Waals surface area contributed by atoms with Crippen molar-refractivity contribution in [1.29, 1.82) is 0 Å². The summed E-state index contributed by atoms with van der Waals surface area (Å²) in [4.78, 5) is 2.48. The highest BCUT2D eigenvalue weighted by molar-refractivity contribution is 4.97. The highest BCUT2D eigenvalue weighted by Crippen LogP contribution is 2.22. The van der Waals surface area contributed by atoms with Crippen molar-refractivity contribution in [2.75, 3.05) is 20.6 Å². The minimum atomic E-state index is 0.754. The van der Waals surface area contributed by atoms with E-state index in [1.165, 1.54) is 31.3 Å². The summed E-state index contributed by atoms with van der Waals surface area (Å²) in [5.41, 5.74) is 1.35. The number of nitrogens with zero attached hydrogens (tertiary/aromatic N) is 1. The van der Waals surface area contributed by atoms with Crippen LogP contribution < -0.4 is 5.32 Å². The first kappa shape index (κ1) is 12.7. The van der Waals surface area contributed by atoms with Crippen LogP contribution in [0.3, 0.4) is 0 Å². The van der Waals surface area contributed by atoms with Crippen molar-refractivity contribution < 1.29 is 0 Å².